The summed E-state index contributed by atoms with van der Waals surface area (Å²) in [5.41, 5.74) is 0. The number of likely N-dealkylation sites (tertiary alicyclic amines) is 1. The van der Waals surface area contributed by atoms with Crippen molar-refractivity contribution >= 4 is 5.91 Å². The summed E-state index contributed by atoms with van der Waals surface area (Å²) in [7, 11) is 0. The van der Waals surface area contributed by atoms with Gasteiger partial charge in [0.1, 0.15) is 0 Å². The van der Waals surface area contributed by atoms with Crippen molar-refractivity contribution in [2.24, 2.45) is 5.92 Å². The maximum Gasteiger partial charge on any atom is 0.225 e. The van der Waals surface area contributed by atoms with E-state index in [0.717, 1.165) is 25.9 Å². The maximum absolute atomic E-state index is 11.6. The molecule has 12 heavy (non-hydrogen) atoms. The molecule has 70 valence electrons. The van der Waals surface area contributed by atoms with Gasteiger partial charge in [0.05, 0.1) is 0 Å². The molecule has 0 aromatic rings. The standard InChI is InChI=1S/C10H19NO/c1-3-4-7-11-8-5-6-9(2)10(11)12/h9H,3-8H2,1-2H3. The minimum absolute atomic E-state index is 0.274. The van der Waals surface area contributed by atoms with Crippen molar-refractivity contribution in [3.05, 3.63) is 0 Å². The van der Waals surface area contributed by atoms with Gasteiger partial charge in [0, 0.05) is 19.0 Å². The molecule has 2 heteroatoms. The molecule has 0 aromatic heterocycles. The van der Waals surface area contributed by atoms with Gasteiger partial charge in [-0.1, -0.05) is 20.3 Å². The molecule has 0 N–H and O–H groups in total. The van der Waals surface area contributed by atoms with E-state index in [1.54, 1.807) is 0 Å². The molecular formula is C10H19NO. The predicted octanol–water partition coefficient (Wildman–Crippen LogP) is 2.04. The van der Waals surface area contributed by atoms with E-state index in [0.29, 0.717) is 5.91 Å². The summed E-state index contributed by atoms with van der Waals surface area (Å²) in [6.07, 6.45) is 4.61. The van der Waals surface area contributed by atoms with E-state index in [1.807, 2.05) is 11.8 Å². The molecule has 1 atom stereocenters. The molecule has 1 heterocycles. The first-order valence-corrected chi connectivity index (χ1v) is 5.04. The summed E-state index contributed by atoms with van der Waals surface area (Å²) in [5.74, 6) is 0.644. The minimum atomic E-state index is 0.274. The SMILES string of the molecule is CCCCN1CCCC(C)C1=O. The van der Waals surface area contributed by atoms with E-state index < -0.39 is 0 Å². The zero-order valence-electron chi connectivity index (χ0n) is 8.18. The van der Waals surface area contributed by atoms with Crippen molar-refractivity contribution in [3.63, 3.8) is 0 Å². The number of hydrogen-bond donors (Lipinski definition) is 0. The first-order chi connectivity index (χ1) is 5.75. The summed E-state index contributed by atoms with van der Waals surface area (Å²) in [4.78, 5) is 13.6. The van der Waals surface area contributed by atoms with Crippen LogP contribution in [0, 0.1) is 5.92 Å². The van der Waals surface area contributed by atoms with Crippen molar-refractivity contribution in [2.75, 3.05) is 13.1 Å². The third-order valence-electron chi connectivity index (χ3n) is 2.58. The summed E-state index contributed by atoms with van der Waals surface area (Å²) in [6.45, 7) is 6.17. The molecule has 0 spiro atoms. The molecule has 1 fully saturated rings. The monoisotopic (exact) mass is 169 g/mol. The number of hydrogen-bond acceptors (Lipinski definition) is 1. The Morgan fingerprint density at radius 1 is 1.58 bits per heavy atom. The van der Waals surface area contributed by atoms with Crippen molar-refractivity contribution < 1.29 is 4.79 Å². The summed E-state index contributed by atoms with van der Waals surface area (Å²) >= 11 is 0. The highest BCUT2D eigenvalue weighted by molar-refractivity contribution is 5.79. The van der Waals surface area contributed by atoms with E-state index in [2.05, 4.69) is 6.92 Å². The smallest absolute Gasteiger partial charge is 0.225 e. The predicted molar refractivity (Wildman–Crippen MR) is 49.9 cm³/mol. The third kappa shape index (κ3) is 2.23. The second-order valence-electron chi connectivity index (χ2n) is 3.72. The quantitative estimate of drug-likeness (QED) is 0.633. The molecule has 2 nitrogen and oxygen atoms in total. The van der Waals surface area contributed by atoms with Crippen molar-refractivity contribution in [1.82, 2.24) is 4.90 Å². The fraction of sp³-hybridized carbons (Fsp3) is 0.900. The highest BCUT2D eigenvalue weighted by Crippen LogP contribution is 2.17. The molecule has 0 aliphatic carbocycles. The van der Waals surface area contributed by atoms with Crippen LogP contribution in [0.2, 0.25) is 0 Å². The number of rotatable bonds is 3. The molecule has 1 saturated heterocycles. The Kier molecular flexibility index (Phi) is 3.57. The van der Waals surface area contributed by atoms with E-state index in [9.17, 15) is 4.79 Å². The Morgan fingerprint density at radius 3 is 3.00 bits per heavy atom. The van der Waals surface area contributed by atoms with E-state index in [4.69, 9.17) is 0 Å². The lowest BCUT2D eigenvalue weighted by molar-refractivity contribution is -0.137. The van der Waals surface area contributed by atoms with Gasteiger partial charge < -0.3 is 4.90 Å². The molecule has 0 bridgehead atoms. The lowest BCUT2D eigenvalue weighted by Crippen LogP contribution is -2.40. The van der Waals surface area contributed by atoms with Crippen LogP contribution in [0.25, 0.3) is 0 Å². The Hall–Kier alpha value is -0.530. The maximum atomic E-state index is 11.6. The van der Waals surface area contributed by atoms with Crippen LogP contribution < -0.4 is 0 Å². The molecule has 0 radical (unpaired) electrons. The Labute approximate surface area is 74.9 Å². The third-order valence-corrected chi connectivity index (χ3v) is 2.58. The van der Waals surface area contributed by atoms with Gasteiger partial charge >= 0.3 is 0 Å². The highest BCUT2D eigenvalue weighted by atomic mass is 16.2. The van der Waals surface area contributed by atoms with Gasteiger partial charge in [-0.3, -0.25) is 4.79 Å². The Balaban J connectivity index is 2.36. The largest absolute Gasteiger partial charge is 0.342 e. The Morgan fingerprint density at radius 2 is 2.33 bits per heavy atom. The second kappa shape index (κ2) is 4.48. The Bertz CT molecular complexity index is 156. The molecule has 1 rings (SSSR count). The van der Waals surface area contributed by atoms with E-state index in [1.165, 1.54) is 12.8 Å². The number of piperidine rings is 1. The van der Waals surface area contributed by atoms with Gasteiger partial charge in [0.25, 0.3) is 0 Å². The molecule has 1 amide bonds. The zero-order valence-corrected chi connectivity index (χ0v) is 8.18. The number of nitrogens with zero attached hydrogens (tertiary/aromatic N) is 1. The van der Waals surface area contributed by atoms with Crippen LogP contribution in [0.1, 0.15) is 39.5 Å². The lowest BCUT2D eigenvalue weighted by Gasteiger charge is -2.30. The lowest BCUT2D eigenvalue weighted by atomic mass is 9.99. The topological polar surface area (TPSA) is 20.3 Å². The van der Waals surface area contributed by atoms with E-state index >= 15 is 0 Å². The summed E-state index contributed by atoms with van der Waals surface area (Å²) < 4.78 is 0. The summed E-state index contributed by atoms with van der Waals surface area (Å²) in [6, 6.07) is 0. The van der Waals surface area contributed by atoms with Crippen LogP contribution in [-0.2, 0) is 4.79 Å². The average Bonchev–Trinajstić information content (AvgIpc) is 2.08. The van der Waals surface area contributed by atoms with Crippen molar-refractivity contribution in [3.8, 4) is 0 Å². The van der Waals surface area contributed by atoms with Crippen molar-refractivity contribution in [1.29, 1.82) is 0 Å². The first-order valence-electron chi connectivity index (χ1n) is 5.04. The number of unbranched alkanes of at least 4 members (excludes halogenated alkanes) is 1. The van der Waals surface area contributed by atoms with Crippen LogP contribution in [0.15, 0.2) is 0 Å². The molecule has 1 unspecified atom stereocenters. The first kappa shape index (κ1) is 9.56. The van der Waals surface area contributed by atoms with Gasteiger partial charge in [-0.05, 0) is 19.3 Å². The van der Waals surface area contributed by atoms with Gasteiger partial charge in [-0.2, -0.15) is 0 Å². The average molecular weight is 169 g/mol. The van der Waals surface area contributed by atoms with Gasteiger partial charge in [-0.25, -0.2) is 0 Å². The van der Waals surface area contributed by atoms with E-state index in [-0.39, 0.29) is 5.92 Å². The fourth-order valence-corrected chi connectivity index (χ4v) is 1.70. The number of carbonyl (C=O) groups is 1. The van der Waals surface area contributed by atoms with Gasteiger partial charge in [0.2, 0.25) is 5.91 Å². The van der Waals surface area contributed by atoms with Crippen LogP contribution in [0.4, 0.5) is 0 Å². The normalized spacial score (nSPS) is 24.7. The fourth-order valence-electron chi connectivity index (χ4n) is 1.70. The molecule has 0 saturated carbocycles. The number of carbonyl (C=O) groups excluding carboxylic acids is 1. The van der Waals surface area contributed by atoms with Gasteiger partial charge in [0.15, 0.2) is 0 Å². The molecule has 1 aliphatic rings. The minimum Gasteiger partial charge on any atom is -0.342 e. The van der Waals surface area contributed by atoms with Crippen molar-refractivity contribution in [2.45, 2.75) is 39.5 Å². The molecule has 1 aliphatic heterocycles. The molecule has 0 aromatic carbocycles. The second-order valence-corrected chi connectivity index (χ2v) is 3.72. The molecular weight excluding hydrogens is 150 g/mol. The highest BCUT2D eigenvalue weighted by Gasteiger charge is 2.23. The zero-order chi connectivity index (χ0) is 8.97. The van der Waals surface area contributed by atoms with Crippen LogP contribution in [0.5, 0.6) is 0 Å². The summed E-state index contributed by atoms with van der Waals surface area (Å²) in [5, 5.41) is 0. The number of amides is 1. The van der Waals surface area contributed by atoms with Gasteiger partial charge in [-0.15, -0.1) is 0 Å². The van der Waals surface area contributed by atoms with Crippen LogP contribution in [0.3, 0.4) is 0 Å². The van der Waals surface area contributed by atoms with Crippen LogP contribution >= 0.6 is 0 Å². The van der Waals surface area contributed by atoms with Crippen LogP contribution in [-0.4, -0.2) is 23.9 Å².